The first-order valence-electron chi connectivity index (χ1n) is 4.69. The summed E-state index contributed by atoms with van der Waals surface area (Å²) in [7, 11) is 1.64. The fourth-order valence-corrected chi connectivity index (χ4v) is 1.79. The van der Waals surface area contributed by atoms with E-state index < -0.39 is 0 Å². The summed E-state index contributed by atoms with van der Waals surface area (Å²) >= 11 is 0. The largest absolute Gasteiger partial charge is 0.493 e. The van der Waals surface area contributed by atoms with Gasteiger partial charge in [0.2, 0.25) is 0 Å². The molecule has 1 aromatic carbocycles. The molecule has 0 saturated heterocycles. The van der Waals surface area contributed by atoms with Gasteiger partial charge in [-0.2, -0.15) is 0 Å². The molecule has 2 aromatic heterocycles. The van der Waals surface area contributed by atoms with E-state index in [4.69, 9.17) is 9.15 Å². The van der Waals surface area contributed by atoms with Crippen molar-refractivity contribution in [1.82, 2.24) is 4.98 Å². The summed E-state index contributed by atoms with van der Waals surface area (Å²) in [6.07, 6.45) is 3.48. The van der Waals surface area contributed by atoms with E-state index in [0.717, 1.165) is 27.7 Å². The van der Waals surface area contributed by atoms with Gasteiger partial charge in [-0.15, -0.1) is 0 Å². The van der Waals surface area contributed by atoms with Crippen molar-refractivity contribution in [3.63, 3.8) is 0 Å². The van der Waals surface area contributed by atoms with Crippen molar-refractivity contribution in [1.29, 1.82) is 0 Å². The average molecular weight is 199 g/mol. The van der Waals surface area contributed by atoms with Crippen LogP contribution in [-0.2, 0) is 0 Å². The van der Waals surface area contributed by atoms with Crippen LogP contribution in [0.2, 0.25) is 0 Å². The molecule has 3 nitrogen and oxygen atoms in total. The Labute approximate surface area is 86.3 Å². The van der Waals surface area contributed by atoms with Crippen LogP contribution in [0.5, 0.6) is 5.75 Å². The van der Waals surface area contributed by atoms with Crippen molar-refractivity contribution in [3.05, 3.63) is 36.7 Å². The summed E-state index contributed by atoms with van der Waals surface area (Å²) in [6, 6.07) is 7.80. The molecule has 0 unspecified atom stereocenters. The third-order valence-electron chi connectivity index (χ3n) is 2.49. The molecular formula is C12H9NO2. The SMILES string of the molecule is COc1cccc2c1oc1cnccc12. The third kappa shape index (κ3) is 1.09. The second-order valence-electron chi connectivity index (χ2n) is 3.31. The Kier molecular flexibility index (Phi) is 1.65. The molecule has 0 aliphatic heterocycles. The van der Waals surface area contributed by atoms with Crippen molar-refractivity contribution in [2.75, 3.05) is 7.11 Å². The lowest BCUT2D eigenvalue weighted by Gasteiger charge is -1.98. The van der Waals surface area contributed by atoms with Crippen molar-refractivity contribution < 1.29 is 9.15 Å². The number of benzene rings is 1. The van der Waals surface area contributed by atoms with E-state index >= 15 is 0 Å². The second kappa shape index (κ2) is 2.98. The molecule has 0 aliphatic carbocycles. The summed E-state index contributed by atoms with van der Waals surface area (Å²) in [5, 5.41) is 2.13. The number of aromatic nitrogens is 1. The van der Waals surface area contributed by atoms with E-state index in [9.17, 15) is 0 Å². The van der Waals surface area contributed by atoms with Crippen LogP contribution in [0.4, 0.5) is 0 Å². The first kappa shape index (κ1) is 8.29. The molecule has 0 bridgehead atoms. The van der Waals surface area contributed by atoms with Gasteiger partial charge in [0, 0.05) is 17.0 Å². The maximum atomic E-state index is 5.69. The number of rotatable bonds is 1. The topological polar surface area (TPSA) is 35.3 Å². The van der Waals surface area contributed by atoms with Crippen LogP contribution in [0.15, 0.2) is 41.1 Å². The molecule has 0 fully saturated rings. The van der Waals surface area contributed by atoms with E-state index in [1.807, 2.05) is 24.3 Å². The number of methoxy groups -OCH3 is 1. The first-order valence-corrected chi connectivity index (χ1v) is 4.69. The van der Waals surface area contributed by atoms with Crippen LogP contribution < -0.4 is 4.74 Å². The lowest BCUT2D eigenvalue weighted by atomic mass is 10.2. The van der Waals surface area contributed by atoms with Gasteiger partial charge in [-0.1, -0.05) is 12.1 Å². The quantitative estimate of drug-likeness (QED) is 0.604. The van der Waals surface area contributed by atoms with Gasteiger partial charge in [-0.3, -0.25) is 4.98 Å². The molecule has 74 valence electrons. The highest BCUT2D eigenvalue weighted by Crippen LogP contribution is 2.33. The second-order valence-corrected chi connectivity index (χ2v) is 3.31. The number of furan rings is 1. The zero-order valence-corrected chi connectivity index (χ0v) is 8.23. The van der Waals surface area contributed by atoms with E-state index in [1.54, 1.807) is 19.5 Å². The number of pyridine rings is 1. The molecule has 0 aliphatic rings. The zero-order valence-electron chi connectivity index (χ0n) is 8.23. The Balaban J connectivity index is 2.53. The Morgan fingerprint density at radius 3 is 3.00 bits per heavy atom. The molecule has 3 rings (SSSR count). The minimum absolute atomic E-state index is 0.753. The normalized spacial score (nSPS) is 11.0. The number of nitrogens with zero attached hydrogens (tertiary/aromatic N) is 1. The van der Waals surface area contributed by atoms with E-state index in [0.29, 0.717) is 0 Å². The smallest absolute Gasteiger partial charge is 0.177 e. The van der Waals surface area contributed by atoms with E-state index in [1.165, 1.54) is 0 Å². The lowest BCUT2D eigenvalue weighted by Crippen LogP contribution is -1.81. The van der Waals surface area contributed by atoms with Crippen LogP contribution >= 0.6 is 0 Å². The summed E-state index contributed by atoms with van der Waals surface area (Å²) in [6.45, 7) is 0. The van der Waals surface area contributed by atoms with E-state index in [-0.39, 0.29) is 0 Å². The van der Waals surface area contributed by atoms with Crippen molar-refractivity contribution in [3.8, 4) is 5.75 Å². The third-order valence-corrected chi connectivity index (χ3v) is 2.49. The van der Waals surface area contributed by atoms with Crippen LogP contribution in [-0.4, -0.2) is 12.1 Å². The maximum Gasteiger partial charge on any atom is 0.177 e. The molecule has 15 heavy (non-hydrogen) atoms. The molecule has 3 heteroatoms. The summed E-state index contributed by atoms with van der Waals surface area (Å²) < 4.78 is 10.9. The Morgan fingerprint density at radius 2 is 2.13 bits per heavy atom. The van der Waals surface area contributed by atoms with Crippen molar-refractivity contribution in [2.24, 2.45) is 0 Å². The Hall–Kier alpha value is -2.03. The summed E-state index contributed by atoms with van der Waals surface area (Å²) in [5.41, 5.74) is 1.57. The van der Waals surface area contributed by atoms with Crippen molar-refractivity contribution in [2.45, 2.75) is 0 Å². The van der Waals surface area contributed by atoms with Crippen LogP contribution in [0, 0.1) is 0 Å². The van der Waals surface area contributed by atoms with Gasteiger partial charge in [-0.25, -0.2) is 0 Å². The predicted octanol–water partition coefficient (Wildman–Crippen LogP) is 2.99. The highest BCUT2D eigenvalue weighted by atomic mass is 16.5. The molecule has 0 N–H and O–H groups in total. The van der Waals surface area contributed by atoms with Gasteiger partial charge in [0.25, 0.3) is 0 Å². The number of ether oxygens (including phenoxy) is 1. The monoisotopic (exact) mass is 199 g/mol. The minimum Gasteiger partial charge on any atom is -0.493 e. The van der Waals surface area contributed by atoms with Crippen LogP contribution in [0.1, 0.15) is 0 Å². The fraction of sp³-hybridized carbons (Fsp3) is 0.0833. The molecule has 0 atom stereocenters. The van der Waals surface area contributed by atoms with Gasteiger partial charge < -0.3 is 9.15 Å². The Morgan fingerprint density at radius 1 is 1.20 bits per heavy atom. The maximum absolute atomic E-state index is 5.69. The van der Waals surface area contributed by atoms with Crippen LogP contribution in [0.25, 0.3) is 21.9 Å². The van der Waals surface area contributed by atoms with Gasteiger partial charge >= 0.3 is 0 Å². The van der Waals surface area contributed by atoms with Crippen molar-refractivity contribution >= 4 is 21.9 Å². The average Bonchev–Trinajstić information content (AvgIpc) is 2.67. The molecule has 0 saturated carbocycles. The summed E-state index contributed by atoms with van der Waals surface area (Å²) in [5.74, 6) is 0.753. The van der Waals surface area contributed by atoms with E-state index in [2.05, 4.69) is 4.98 Å². The van der Waals surface area contributed by atoms with Crippen LogP contribution in [0.3, 0.4) is 0 Å². The first-order chi connectivity index (χ1) is 7.40. The molecule has 0 radical (unpaired) electrons. The number of fused-ring (bicyclic) bond motifs is 3. The standard InChI is InChI=1S/C12H9NO2/c1-14-10-4-2-3-9-8-5-6-13-7-11(8)15-12(9)10/h2-7H,1H3. The van der Waals surface area contributed by atoms with Gasteiger partial charge in [0.05, 0.1) is 13.3 Å². The summed E-state index contributed by atoms with van der Waals surface area (Å²) in [4.78, 5) is 4.03. The number of hydrogen-bond donors (Lipinski definition) is 0. The van der Waals surface area contributed by atoms with Gasteiger partial charge in [0.1, 0.15) is 0 Å². The predicted molar refractivity (Wildman–Crippen MR) is 58.1 cm³/mol. The highest BCUT2D eigenvalue weighted by molar-refractivity contribution is 6.06. The zero-order chi connectivity index (χ0) is 10.3. The lowest BCUT2D eigenvalue weighted by molar-refractivity contribution is 0.412. The number of hydrogen-bond acceptors (Lipinski definition) is 3. The molecule has 3 aromatic rings. The van der Waals surface area contributed by atoms with Gasteiger partial charge in [0.15, 0.2) is 16.9 Å². The molecule has 0 amide bonds. The molecule has 2 heterocycles. The fourth-order valence-electron chi connectivity index (χ4n) is 1.79. The van der Waals surface area contributed by atoms with Gasteiger partial charge in [-0.05, 0) is 12.1 Å². The Bertz CT molecular complexity index is 628. The molecular weight excluding hydrogens is 190 g/mol. The number of para-hydroxylation sites is 1. The highest BCUT2D eigenvalue weighted by Gasteiger charge is 2.09. The minimum atomic E-state index is 0.753. The molecule has 0 spiro atoms.